The van der Waals surface area contributed by atoms with Gasteiger partial charge in [-0.05, 0) is 25.5 Å². The Labute approximate surface area is 134 Å². The molecule has 0 spiro atoms. The van der Waals surface area contributed by atoms with E-state index in [1.54, 1.807) is 11.8 Å². The van der Waals surface area contributed by atoms with Gasteiger partial charge < -0.3 is 5.11 Å². The molecule has 0 bridgehead atoms. The van der Waals surface area contributed by atoms with Crippen molar-refractivity contribution in [1.82, 2.24) is 14.4 Å². The van der Waals surface area contributed by atoms with Gasteiger partial charge in [-0.2, -0.15) is 11.8 Å². The Bertz CT molecular complexity index is 770. The molecule has 22 heavy (non-hydrogen) atoms. The Balaban J connectivity index is 1.63. The maximum Gasteiger partial charge on any atom is 0.234 e. The Hall–Kier alpha value is -1.85. The number of aliphatic hydroxyl groups is 1. The molecule has 0 unspecified atom stereocenters. The number of rotatable bonds is 5. The van der Waals surface area contributed by atoms with Crippen LogP contribution in [0, 0.1) is 13.8 Å². The normalized spacial score (nSPS) is 12.7. The molecule has 3 rings (SSSR count). The number of hydrogen-bond acceptors (Lipinski definition) is 4. The lowest BCUT2D eigenvalue weighted by atomic mass is 10.1. The summed E-state index contributed by atoms with van der Waals surface area (Å²) in [6.07, 6.45) is 1.59. The lowest BCUT2D eigenvalue weighted by Crippen LogP contribution is -2.00. The summed E-state index contributed by atoms with van der Waals surface area (Å²) in [5.74, 6) is 2.17. The molecular formula is C17H19N3OS. The quantitative estimate of drug-likeness (QED) is 0.785. The molecule has 0 saturated carbocycles. The van der Waals surface area contributed by atoms with Gasteiger partial charge in [-0.1, -0.05) is 30.3 Å². The number of benzene rings is 1. The second-order valence-corrected chi connectivity index (χ2v) is 6.41. The van der Waals surface area contributed by atoms with Gasteiger partial charge in [0.25, 0.3) is 0 Å². The molecule has 3 aromatic rings. The van der Waals surface area contributed by atoms with Crippen LogP contribution in [0.3, 0.4) is 0 Å². The van der Waals surface area contributed by atoms with Gasteiger partial charge in [0, 0.05) is 29.1 Å². The van der Waals surface area contributed by atoms with E-state index in [0.717, 1.165) is 34.2 Å². The van der Waals surface area contributed by atoms with E-state index in [1.165, 1.54) is 0 Å². The molecule has 0 aliphatic carbocycles. The van der Waals surface area contributed by atoms with Crippen molar-refractivity contribution in [2.24, 2.45) is 0 Å². The first kappa shape index (κ1) is 15.1. The molecule has 0 fully saturated rings. The lowest BCUT2D eigenvalue weighted by molar-refractivity contribution is 0.204. The average molecular weight is 313 g/mol. The summed E-state index contributed by atoms with van der Waals surface area (Å²) in [6, 6.07) is 11.8. The highest BCUT2D eigenvalue weighted by atomic mass is 32.2. The highest BCUT2D eigenvalue weighted by Gasteiger charge is 2.09. The number of nitrogens with zero attached hydrogens (tertiary/aromatic N) is 3. The summed E-state index contributed by atoms with van der Waals surface area (Å²) < 4.78 is 2.01. The van der Waals surface area contributed by atoms with Crippen molar-refractivity contribution >= 4 is 17.5 Å². The van der Waals surface area contributed by atoms with Crippen LogP contribution >= 0.6 is 11.8 Å². The van der Waals surface area contributed by atoms with Gasteiger partial charge in [-0.3, -0.25) is 4.40 Å². The van der Waals surface area contributed by atoms with Crippen molar-refractivity contribution < 1.29 is 5.11 Å². The number of aliphatic hydroxyl groups excluding tert-OH is 1. The van der Waals surface area contributed by atoms with Gasteiger partial charge in [0.2, 0.25) is 5.78 Å². The summed E-state index contributed by atoms with van der Waals surface area (Å²) in [6.45, 7) is 4.03. The van der Waals surface area contributed by atoms with E-state index in [2.05, 4.69) is 16.9 Å². The molecule has 114 valence electrons. The van der Waals surface area contributed by atoms with Gasteiger partial charge in [0.05, 0.1) is 11.8 Å². The second-order valence-electron chi connectivity index (χ2n) is 5.38. The van der Waals surface area contributed by atoms with Gasteiger partial charge in [0.15, 0.2) is 0 Å². The third-order valence-corrected chi connectivity index (χ3v) is 4.57. The average Bonchev–Trinajstić information content (AvgIpc) is 2.91. The molecule has 1 aromatic carbocycles. The molecule has 2 heterocycles. The SMILES string of the molecule is Cc1cc(C)n2cc(CSC[C@@H](O)c3ccccc3)nc2n1. The minimum Gasteiger partial charge on any atom is -0.388 e. The van der Waals surface area contributed by atoms with Gasteiger partial charge in [0.1, 0.15) is 0 Å². The predicted molar refractivity (Wildman–Crippen MR) is 90.0 cm³/mol. The van der Waals surface area contributed by atoms with Crippen molar-refractivity contribution in [2.75, 3.05) is 5.75 Å². The molecule has 2 aromatic heterocycles. The molecule has 0 amide bonds. The standard InChI is InChI=1S/C17H19N3OS/c1-12-8-13(2)20-9-15(19-17(20)18-12)10-22-11-16(21)14-6-4-3-5-7-14/h3-9,16,21H,10-11H2,1-2H3/t16-/m1/s1. The molecule has 1 N–H and O–H groups in total. The Morgan fingerprint density at radius 1 is 1.18 bits per heavy atom. The van der Waals surface area contributed by atoms with Crippen molar-refractivity contribution in [3.8, 4) is 0 Å². The van der Waals surface area contributed by atoms with Crippen LogP contribution in [0.1, 0.15) is 28.7 Å². The zero-order chi connectivity index (χ0) is 15.5. The third-order valence-electron chi connectivity index (χ3n) is 3.52. The third kappa shape index (κ3) is 3.31. The van der Waals surface area contributed by atoms with Crippen LogP contribution in [-0.2, 0) is 5.75 Å². The first-order valence-electron chi connectivity index (χ1n) is 7.26. The highest BCUT2D eigenvalue weighted by Crippen LogP contribution is 2.21. The van der Waals surface area contributed by atoms with Crippen LogP contribution in [-0.4, -0.2) is 25.2 Å². The number of fused-ring (bicyclic) bond motifs is 1. The number of hydrogen-bond donors (Lipinski definition) is 1. The van der Waals surface area contributed by atoms with Crippen LogP contribution in [0.5, 0.6) is 0 Å². The summed E-state index contributed by atoms with van der Waals surface area (Å²) in [5, 5.41) is 10.2. The summed E-state index contributed by atoms with van der Waals surface area (Å²) >= 11 is 1.68. The van der Waals surface area contributed by atoms with E-state index in [9.17, 15) is 5.11 Å². The minimum atomic E-state index is -0.440. The van der Waals surface area contributed by atoms with Crippen LogP contribution in [0.4, 0.5) is 0 Å². The first-order valence-corrected chi connectivity index (χ1v) is 8.42. The van der Waals surface area contributed by atoms with Crippen LogP contribution < -0.4 is 0 Å². The van der Waals surface area contributed by atoms with E-state index < -0.39 is 6.10 Å². The smallest absolute Gasteiger partial charge is 0.234 e. The second kappa shape index (κ2) is 6.50. The molecule has 0 radical (unpaired) electrons. The Morgan fingerprint density at radius 3 is 2.73 bits per heavy atom. The maximum atomic E-state index is 10.2. The zero-order valence-corrected chi connectivity index (χ0v) is 13.5. The number of aryl methyl sites for hydroxylation is 2. The molecular weight excluding hydrogens is 294 g/mol. The van der Waals surface area contributed by atoms with Crippen molar-refractivity contribution in [1.29, 1.82) is 0 Å². The number of imidazole rings is 1. The minimum absolute atomic E-state index is 0.440. The number of aromatic nitrogens is 3. The van der Waals surface area contributed by atoms with E-state index >= 15 is 0 Å². The number of thioether (sulfide) groups is 1. The first-order chi connectivity index (χ1) is 10.6. The summed E-state index contributed by atoms with van der Waals surface area (Å²) in [4.78, 5) is 8.99. The van der Waals surface area contributed by atoms with Gasteiger partial charge in [-0.15, -0.1) is 0 Å². The molecule has 5 heteroatoms. The zero-order valence-electron chi connectivity index (χ0n) is 12.7. The molecule has 4 nitrogen and oxygen atoms in total. The Morgan fingerprint density at radius 2 is 1.95 bits per heavy atom. The van der Waals surface area contributed by atoms with Gasteiger partial charge in [-0.25, -0.2) is 9.97 Å². The maximum absolute atomic E-state index is 10.2. The topological polar surface area (TPSA) is 50.4 Å². The van der Waals surface area contributed by atoms with E-state index in [-0.39, 0.29) is 0 Å². The van der Waals surface area contributed by atoms with Crippen molar-refractivity contribution in [3.05, 3.63) is 65.2 Å². The van der Waals surface area contributed by atoms with E-state index in [0.29, 0.717) is 5.75 Å². The Kier molecular flexibility index (Phi) is 4.45. The molecule has 0 aliphatic heterocycles. The lowest BCUT2D eigenvalue weighted by Gasteiger charge is -2.09. The molecule has 1 atom stereocenters. The monoisotopic (exact) mass is 313 g/mol. The fourth-order valence-electron chi connectivity index (χ4n) is 2.43. The van der Waals surface area contributed by atoms with Crippen LogP contribution in [0.15, 0.2) is 42.6 Å². The van der Waals surface area contributed by atoms with E-state index in [1.807, 2.05) is 53.9 Å². The largest absolute Gasteiger partial charge is 0.388 e. The molecule has 0 aliphatic rings. The van der Waals surface area contributed by atoms with Crippen molar-refractivity contribution in [3.63, 3.8) is 0 Å². The fourth-order valence-corrected chi connectivity index (χ4v) is 3.32. The predicted octanol–water partition coefficient (Wildman–Crippen LogP) is 3.31. The van der Waals surface area contributed by atoms with Crippen LogP contribution in [0.2, 0.25) is 0 Å². The summed E-state index contributed by atoms with van der Waals surface area (Å²) in [5.41, 5.74) is 4.06. The van der Waals surface area contributed by atoms with Gasteiger partial charge >= 0.3 is 0 Å². The van der Waals surface area contributed by atoms with E-state index in [4.69, 9.17) is 0 Å². The fraction of sp³-hybridized carbons (Fsp3) is 0.294. The van der Waals surface area contributed by atoms with Crippen molar-refractivity contribution in [2.45, 2.75) is 25.7 Å². The summed E-state index contributed by atoms with van der Waals surface area (Å²) in [7, 11) is 0. The highest BCUT2D eigenvalue weighted by molar-refractivity contribution is 7.98. The molecule has 0 saturated heterocycles. The van der Waals surface area contributed by atoms with Crippen LogP contribution in [0.25, 0.3) is 5.78 Å².